The summed E-state index contributed by atoms with van der Waals surface area (Å²) in [5.74, 6) is -0.215. The molecule has 0 saturated heterocycles. The minimum Gasteiger partial charge on any atom is -0.341 e. The minimum absolute atomic E-state index is 0.215. The van der Waals surface area contributed by atoms with Crippen molar-refractivity contribution in [2.24, 2.45) is 0 Å². The zero-order chi connectivity index (χ0) is 14.4. The van der Waals surface area contributed by atoms with E-state index in [1.54, 1.807) is 18.3 Å². The smallest absolute Gasteiger partial charge is 0.123 e. The lowest BCUT2D eigenvalue weighted by molar-refractivity contribution is 0.628. The molecule has 0 amide bonds. The molecule has 0 unspecified atom stereocenters. The maximum absolute atomic E-state index is 13.1. The number of nitrogens with one attached hydrogen (secondary N) is 1. The van der Waals surface area contributed by atoms with E-state index in [2.05, 4.69) is 29.0 Å². The van der Waals surface area contributed by atoms with Crippen molar-refractivity contribution in [1.29, 1.82) is 0 Å². The molecule has 1 N–H and O–H groups in total. The third-order valence-corrected chi connectivity index (χ3v) is 3.19. The lowest BCUT2D eigenvalue weighted by Crippen LogP contribution is -2.20. The van der Waals surface area contributed by atoms with Crippen LogP contribution >= 0.6 is 0 Å². The summed E-state index contributed by atoms with van der Waals surface area (Å²) >= 11 is 0. The van der Waals surface area contributed by atoms with Gasteiger partial charge in [0.25, 0.3) is 0 Å². The predicted octanol–water partition coefficient (Wildman–Crippen LogP) is 3.49. The second-order valence-corrected chi connectivity index (χ2v) is 4.51. The van der Waals surface area contributed by atoms with Gasteiger partial charge < -0.3 is 10.2 Å². The number of pyridine rings is 1. The van der Waals surface area contributed by atoms with E-state index in [0.29, 0.717) is 0 Å². The number of hydrogen-bond donors (Lipinski definition) is 1. The second-order valence-electron chi connectivity index (χ2n) is 4.51. The average molecular weight is 273 g/mol. The van der Waals surface area contributed by atoms with Gasteiger partial charge in [0.1, 0.15) is 5.82 Å². The van der Waals surface area contributed by atoms with Crippen LogP contribution in [0.3, 0.4) is 0 Å². The molecule has 0 spiro atoms. The largest absolute Gasteiger partial charge is 0.341 e. The molecule has 4 heteroatoms. The van der Waals surface area contributed by atoms with E-state index in [9.17, 15) is 4.39 Å². The molecule has 2 aromatic rings. The summed E-state index contributed by atoms with van der Waals surface area (Å²) in [6, 6.07) is 8.58. The SMILES string of the molecule is CCNCc1cnccc1N(CC)c1ccc(F)cc1. The highest BCUT2D eigenvalue weighted by atomic mass is 19.1. The van der Waals surface area contributed by atoms with Crippen LogP contribution in [0.1, 0.15) is 19.4 Å². The minimum atomic E-state index is -0.215. The Labute approximate surface area is 119 Å². The molecule has 1 aromatic heterocycles. The third kappa shape index (κ3) is 3.33. The van der Waals surface area contributed by atoms with Crippen molar-refractivity contribution in [3.63, 3.8) is 0 Å². The number of halogens is 1. The van der Waals surface area contributed by atoms with Gasteiger partial charge in [-0.2, -0.15) is 0 Å². The van der Waals surface area contributed by atoms with Gasteiger partial charge in [0.15, 0.2) is 0 Å². The van der Waals surface area contributed by atoms with Gasteiger partial charge in [0.05, 0.1) is 0 Å². The molecule has 0 fully saturated rings. The summed E-state index contributed by atoms with van der Waals surface area (Å²) < 4.78 is 13.1. The summed E-state index contributed by atoms with van der Waals surface area (Å²) in [7, 11) is 0. The van der Waals surface area contributed by atoms with Crippen LogP contribution in [0.25, 0.3) is 0 Å². The van der Waals surface area contributed by atoms with Gasteiger partial charge in [-0.1, -0.05) is 6.92 Å². The van der Waals surface area contributed by atoms with Crippen LogP contribution in [-0.4, -0.2) is 18.1 Å². The number of benzene rings is 1. The first kappa shape index (κ1) is 14.5. The Hall–Kier alpha value is -1.94. The van der Waals surface area contributed by atoms with Gasteiger partial charge in [0.2, 0.25) is 0 Å². The first-order chi connectivity index (χ1) is 9.76. The molecule has 0 aliphatic rings. The Kier molecular flexibility index (Phi) is 5.07. The molecular formula is C16H20FN3. The third-order valence-electron chi connectivity index (χ3n) is 3.19. The van der Waals surface area contributed by atoms with Crippen LogP contribution in [0.4, 0.5) is 15.8 Å². The van der Waals surface area contributed by atoms with Gasteiger partial charge >= 0.3 is 0 Å². The highest BCUT2D eigenvalue weighted by molar-refractivity contribution is 5.65. The van der Waals surface area contributed by atoms with Crippen molar-refractivity contribution in [3.8, 4) is 0 Å². The summed E-state index contributed by atoms with van der Waals surface area (Å²) in [5, 5.41) is 3.32. The molecule has 0 atom stereocenters. The first-order valence-corrected chi connectivity index (χ1v) is 6.93. The standard InChI is InChI=1S/C16H20FN3/c1-3-18-11-13-12-19-10-9-16(13)20(4-2)15-7-5-14(17)6-8-15/h5-10,12,18H,3-4,11H2,1-2H3. The second kappa shape index (κ2) is 7.01. The number of rotatable bonds is 6. The number of hydrogen-bond acceptors (Lipinski definition) is 3. The summed E-state index contributed by atoms with van der Waals surface area (Å²) in [5.41, 5.74) is 3.23. The van der Waals surface area contributed by atoms with Gasteiger partial charge in [-0.15, -0.1) is 0 Å². The van der Waals surface area contributed by atoms with E-state index in [1.165, 1.54) is 12.1 Å². The van der Waals surface area contributed by atoms with Crippen molar-refractivity contribution in [2.75, 3.05) is 18.0 Å². The Morgan fingerprint density at radius 3 is 2.55 bits per heavy atom. The monoisotopic (exact) mass is 273 g/mol. The topological polar surface area (TPSA) is 28.2 Å². The van der Waals surface area contributed by atoms with Gasteiger partial charge in [-0.05, 0) is 43.8 Å². The van der Waals surface area contributed by atoms with E-state index in [4.69, 9.17) is 0 Å². The first-order valence-electron chi connectivity index (χ1n) is 6.93. The van der Waals surface area contributed by atoms with Crippen molar-refractivity contribution in [2.45, 2.75) is 20.4 Å². The molecule has 0 saturated carbocycles. The maximum Gasteiger partial charge on any atom is 0.123 e. The lowest BCUT2D eigenvalue weighted by atomic mass is 10.2. The molecule has 3 nitrogen and oxygen atoms in total. The zero-order valence-electron chi connectivity index (χ0n) is 11.9. The number of anilines is 2. The van der Waals surface area contributed by atoms with Gasteiger partial charge in [0, 0.05) is 42.4 Å². The molecule has 0 radical (unpaired) electrons. The molecule has 0 aliphatic carbocycles. The highest BCUT2D eigenvalue weighted by Gasteiger charge is 2.11. The van der Waals surface area contributed by atoms with Gasteiger partial charge in [-0.3, -0.25) is 4.98 Å². The van der Waals surface area contributed by atoms with Crippen LogP contribution < -0.4 is 10.2 Å². The zero-order valence-corrected chi connectivity index (χ0v) is 11.9. The molecule has 20 heavy (non-hydrogen) atoms. The number of aromatic nitrogens is 1. The van der Waals surface area contributed by atoms with Crippen LogP contribution in [-0.2, 0) is 6.54 Å². The lowest BCUT2D eigenvalue weighted by Gasteiger charge is -2.25. The van der Waals surface area contributed by atoms with Crippen LogP contribution in [0.15, 0.2) is 42.7 Å². The van der Waals surface area contributed by atoms with Crippen LogP contribution in [0.5, 0.6) is 0 Å². The summed E-state index contributed by atoms with van der Waals surface area (Å²) in [4.78, 5) is 6.36. The van der Waals surface area contributed by atoms with E-state index in [-0.39, 0.29) is 5.82 Å². The predicted molar refractivity (Wildman–Crippen MR) is 80.7 cm³/mol. The van der Waals surface area contributed by atoms with Crippen molar-refractivity contribution >= 4 is 11.4 Å². The van der Waals surface area contributed by atoms with E-state index >= 15 is 0 Å². The van der Waals surface area contributed by atoms with Crippen LogP contribution in [0.2, 0.25) is 0 Å². The maximum atomic E-state index is 13.1. The molecule has 1 heterocycles. The summed E-state index contributed by atoms with van der Waals surface area (Å²) in [6.45, 7) is 6.66. The Morgan fingerprint density at radius 2 is 1.90 bits per heavy atom. The molecule has 106 valence electrons. The van der Waals surface area contributed by atoms with Crippen LogP contribution in [0, 0.1) is 5.82 Å². The Bertz CT molecular complexity index is 540. The fraction of sp³-hybridized carbons (Fsp3) is 0.312. The highest BCUT2D eigenvalue weighted by Crippen LogP contribution is 2.27. The average Bonchev–Trinajstić information content (AvgIpc) is 2.49. The fourth-order valence-electron chi connectivity index (χ4n) is 2.19. The van der Waals surface area contributed by atoms with E-state index in [1.807, 2.05) is 12.3 Å². The quantitative estimate of drug-likeness (QED) is 0.873. The normalized spacial score (nSPS) is 10.6. The fourth-order valence-corrected chi connectivity index (χ4v) is 2.19. The Balaban J connectivity index is 2.33. The van der Waals surface area contributed by atoms with Crippen molar-refractivity contribution in [1.82, 2.24) is 10.3 Å². The number of nitrogens with zero attached hydrogens (tertiary/aromatic N) is 2. The molecule has 1 aromatic carbocycles. The van der Waals surface area contributed by atoms with E-state index in [0.717, 1.165) is 36.6 Å². The molecule has 2 rings (SSSR count). The van der Waals surface area contributed by atoms with Crippen molar-refractivity contribution < 1.29 is 4.39 Å². The summed E-state index contributed by atoms with van der Waals surface area (Å²) in [6.07, 6.45) is 3.67. The van der Waals surface area contributed by atoms with Crippen molar-refractivity contribution in [3.05, 3.63) is 54.1 Å². The molecule has 0 bridgehead atoms. The molecular weight excluding hydrogens is 253 g/mol. The van der Waals surface area contributed by atoms with Gasteiger partial charge in [-0.25, -0.2) is 4.39 Å². The Morgan fingerprint density at radius 1 is 1.15 bits per heavy atom. The van der Waals surface area contributed by atoms with E-state index < -0.39 is 0 Å². The molecule has 0 aliphatic heterocycles.